The van der Waals surface area contributed by atoms with Crippen molar-refractivity contribution in [1.29, 1.82) is 0 Å². The highest BCUT2D eigenvalue weighted by molar-refractivity contribution is 7.99. The highest BCUT2D eigenvalue weighted by Gasteiger charge is 2.39. The van der Waals surface area contributed by atoms with Crippen LogP contribution < -0.4 is 0 Å². The van der Waals surface area contributed by atoms with Crippen molar-refractivity contribution in [3.8, 4) is 5.69 Å². The molecule has 0 saturated heterocycles. The molecule has 9 heteroatoms. The predicted molar refractivity (Wildman–Crippen MR) is 124 cm³/mol. The average molecular weight is 453 g/mol. The number of methoxy groups -OCH3 is 1. The lowest BCUT2D eigenvalue weighted by atomic mass is 10.0. The van der Waals surface area contributed by atoms with Crippen molar-refractivity contribution in [2.75, 3.05) is 26.3 Å². The van der Waals surface area contributed by atoms with Gasteiger partial charge in [0, 0.05) is 12.9 Å². The highest BCUT2D eigenvalue weighted by atomic mass is 32.2. The van der Waals surface area contributed by atoms with E-state index < -0.39 is 13.9 Å². The molecule has 7 nitrogen and oxygen atoms in total. The summed E-state index contributed by atoms with van der Waals surface area (Å²) in [5.74, 6) is 0.888. The molecular weight excluding hydrogens is 416 g/mol. The van der Waals surface area contributed by atoms with Gasteiger partial charge in [-0.2, -0.15) is 4.68 Å². The number of aromatic nitrogens is 4. The van der Waals surface area contributed by atoms with E-state index in [1.54, 1.807) is 23.6 Å². The van der Waals surface area contributed by atoms with Gasteiger partial charge in [-0.15, -0.1) is 5.10 Å². The summed E-state index contributed by atoms with van der Waals surface area (Å²) in [6, 6.07) is 9.93. The van der Waals surface area contributed by atoms with Crippen LogP contribution in [0.15, 0.2) is 35.5 Å². The largest absolute Gasteiger partial charge is 0.414 e. The van der Waals surface area contributed by atoms with Crippen LogP contribution in [-0.4, -0.2) is 60.4 Å². The van der Waals surface area contributed by atoms with E-state index in [0.29, 0.717) is 6.61 Å². The fourth-order valence-corrected chi connectivity index (χ4v) is 4.48. The summed E-state index contributed by atoms with van der Waals surface area (Å²) in [6.45, 7) is 14.2. The number of benzene rings is 1. The van der Waals surface area contributed by atoms with E-state index in [-0.39, 0.29) is 11.8 Å². The standard InChI is InChI=1S/C21H36N4O3SSi/c1-20(2,3)30(6,7)28-16-21(4,27-17-26-5)14-11-15-29-19-22-23-24-25(19)18-12-9-8-10-13-18/h8-10,12-13H,11,14-17H2,1-7H3/t21-/m1/s1. The van der Waals surface area contributed by atoms with Gasteiger partial charge in [0.15, 0.2) is 8.32 Å². The maximum absolute atomic E-state index is 6.45. The fourth-order valence-electron chi connectivity index (χ4n) is 2.55. The molecule has 0 aliphatic carbocycles. The highest BCUT2D eigenvalue weighted by Crippen LogP contribution is 2.37. The number of thioether (sulfide) groups is 1. The van der Waals surface area contributed by atoms with Crippen molar-refractivity contribution < 1.29 is 13.9 Å². The molecule has 0 fully saturated rings. The Morgan fingerprint density at radius 1 is 1.10 bits per heavy atom. The summed E-state index contributed by atoms with van der Waals surface area (Å²) in [5.41, 5.74) is 0.568. The van der Waals surface area contributed by atoms with Gasteiger partial charge in [-0.25, -0.2) is 0 Å². The van der Waals surface area contributed by atoms with Gasteiger partial charge in [0.05, 0.1) is 17.9 Å². The molecule has 168 valence electrons. The monoisotopic (exact) mass is 452 g/mol. The van der Waals surface area contributed by atoms with Crippen molar-refractivity contribution in [2.24, 2.45) is 0 Å². The topological polar surface area (TPSA) is 71.3 Å². The molecule has 0 N–H and O–H groups in total. The third-order valence-corrected chi connectivity index (χ3v) is 11.1. The Balaban J connectivity index is 1.91. The Bertz CT molecular complexity index is 767. The fraction of sp³-hybridized carbons (Fsp3) is 0.667. The van der Waals surface area contributed by atoms with Crippen LogP contribution in [-0.2, 0) is 13.9 Å². The van der Waals surface area contributed by atoms with E-state index in [9.17, 15) is 0 Å². The lowest BCUT2D eigenvalue weighted by Crippen LogP contribution is -2.46. The number of para-hydroxylation sites is 1. The van der Waals surface area contributed by atoms with Crippen LogP contribution in [0.3, 0.4) is 0 Å². The van der Waals surface area contributed by atoms with Crippen molar-refractivity contribution in [3.63, 3.8) is 0 Å². The molecule has 1 atom stereocenters. The lowest BCUT2D eigenvalue weighted by molar-refractivity contribution is -0.141. The van der Waals surface area contributed by atoms with Gasteiger partial charge in [0.1, 0.15) is 6.79 Å². The summed E-state index contributed by atoms with van der Waals surface area (Å²) in [7, 11) is -0.199. The van der Waals surface area contributed by atoms with Gasteiger partial charge >= 0.3 is 0 Å². The molecule has 0 aliphatic heterocycles. The molecule has 0 amide bonds. The third-order valence-electron chi connectivity index (χ3n) is 5.59. The predicted octanol–water partition coefficient (Wildman–Crippen LogP) is 4.94. The van der Waals surface area contributed by atoms with Crippen molar-refractivity contribution in [2.45, 2.75) is 69.4 Å². The molecule has 0 bridgehead atoms. The Hall–Kier alpha value is -1.26. The van der Waals surface area contributed by atoms with Crippen LogP contribution in [0.1, 0.15) is 40.5 Å². The van der Waals surface area contributed by atoms with Crippen LogP contribution >= 0.6 is 11.8 Å². The minimum atomic E-state index is -1.85. The number of ether oxygens (including phenoxy) is 2. The molecule has 1 heterocycles. The van der Waals surface area contributed by atoms with Gasteiger partial charge in [-0.1, -0.05) is 50.7 Å². The van der Waals surface area contributed by atoms with E-state index >= 15 is 0 Å². The Labute approximate surface area is 186 Å². The molecule has 2 rings (SSSR count). The molecular formula is C21H36N4O3SSi. The van der Waals surface area contributed by atoms with Gasteiger partial charge in [-0.05, 0) is 60.5 Å². The molecule has 0 unspecified atom stereocenters. The zero-order chi connectivity index (χ0) is 22.3. The minimum absolute atomic E-state index is 0.166. The van der Waals surface area contributed by atoms with Crippen LogP contribution in [0.5, 0.6) is 0 Å². The normalized spacial score (nSPS) is 14.6. The van der Waals surface area contributed by atoms with Crippen molar-refractivity contribution >= 4 is 20.1 Å². The van der Waals surface area contributed by atoms with Gasteiger partial charge < -0.3 is 13.9 Å². The smallest absolute Gasteiger partial charge is 0.214 e. The first-order valence-electron chi connectivity index (χ1n) is 10.3. The first kappa shape index (κ1) is 25.0. The zero-order valence-electron chi connectivity index (χ0n) is 19.3. The second-order valence-electron chi connectivity index (χ2n) is 9.21. The van der Waals surface area contributed by atoms with Crippen molar-refractivity contribution in [1.82, 2.24) is 20.2 Å². The van der Waals surface area contributed by atoms with Gasteiger partial charge in [0.2, 0.25) is 5.16 Å². The Morgan fingerprint density at radius 3 is 2.43 bits per heavy atom. The summed E-state index contributed by atoms with van der Waals surface area (Å²) in [5, 5.41) is 13.1. The number of hydrogen-bond acceptors (Lipinski definition) is 7. The van der Waals surface area contributed by atoms with Crippen molar-refractivity contribution in [3.05, 3.63) is 30.3 Å². The van der Waals surface area contributed by atoms with Crippen LogP contribution in [0, 0.1) is 0 Å². The molecule has 2 aromatic rings. The van der Waals surface area contributed by atoms with E-state index in [0.717, 1.165) is 29.4 Å². The number of tetrazole rings is 1. The van der Waals surface area contributed by atoms with Crippen LogP contribution in [0.2, 0.25) is 18.1 Å². The maximum Gasteiger partial charge on any atom is 0.214 e. The number of nitrogens with zero attached hydrogens (tertiary/aromatic N) is 4. The molecule has 0 radical (unpaired) electrons. The molecule has 0 aliphatic rings. The summed E-state index contributed by atoms with van der Waals surface area (Å²) in [6.07, 6.45) is 1.82. The summed E-state index contributed by atoms with van der Waals surface area (Å²) < 4.78 is 19.4. The van der Waals surface area contributed by atoms with Gasteiger partial charge in [-0.3, -0.25) is 0 Å². The minimum Gasteiger partial charge on any atom is -0.414 e. The molecule has 0 spiro atoms. The first-order chi connectivity index (χ1) is 14.1. The molecule has 1 aromatic carbocycles. The SMILES string of the molecule is COCO[C@](C)(CCCSc1nnnn1-c1ccccc1)CO[Si](C)(C)C(C)(C)C. The van der Waals surface area contributed by atoms with E-state index in [4.69, 9.17) is 13.9 Å². The van der Waals surface area contributed by atoms with E-state index in [1.165, 1.54) is 0 Å². The molecule has 30 heavy (non-hydrogen) atoms. The Morgan fingerprint density at radius 2 is 1.80 bits per heavy atom. The molecule has 0 saturated carbocycles. The van der Waals surface area contributed by atoms with Crippen LogP contribution in [0.4, 0.5) is 0 Å². The first-order valence-corrected chi connectivity index (χ1v) is 14.2. The maximum atomic E-state index is 6.45. The summed E-state index contributed by atoms with van der Waals surface area (Å²) in [4.78, 5) is 0. The quantitative estimate of drug-likeness (QED) is 0.195. The second-order valence-corrected chi connectivity index (χ2v) is 15.1. The summed E-state index contributed by atoms with van der Waals surface area (Å²) >= 11 is 1.65. The Kier molecular flexibility index (Phi) is 9.05. The van der Waals surface area contributed by atoms with Crippen LogP contribution in [0.25, 0.3) is 5.69 Å². The molecule has 1 aromatic heterocycles. The van der Waals surface area contributed by atoms with E-state index in [2.05, 4.69) is 56.3 Å². The average Bonchev–Trinajstić information content (AvgIpc) is 3.17. The number of hydrogen-bond donors (Lipinski definition) is 0. The lowest BCUT2D eigenvalue weighted by Gasteiger charge is -2.40. The third kappa shape index (κ3) is 7.16. The van der Waals surface area contributed by atoms with Gasteiger partial charge in [0.25, 0.3) is 0 Å². The second kappa shape index (κ2) is 10.9. The van der Waals surface area contributed by atoms with E-state index in [1.807, 2.05) is 30.3 Å². The number of rotatable bonds is 12. The zero-order valence-corrected chi connectivity index (χ0v) is 21.2.